The summed E-state index contributed by atoms with van der Waals surface area (Å²) in [4.78, 5) is 12.0. The first-order chi connectivity index (χ1) is 8.13. The summed E-state index contributed by atoms with van der Waals surface area (Å²) >= 11 is 0. The van der Waals surface area contributed by atoms with Crippen LogP contribution in [0.1, 0.15) is 10.4 Å². The van der Waals surface area contributed by atoms with Crippen molar-refractivity contribution in [1.29, 1.82) is 0 Å². The molecule has 1 aliphatic heterocycles. The lowest BCUT2D eigenvalue weighted by atomic mass is 9.94. The van der Waals surface area contributed by atoms with Gasteiger partial charge in [0.25, 0.3) is 0 Å². The van der Waals surface area contributed by atoms with E-state index in [9.17, 15) is 9.18 Å². The lowest BCUT2D eigenvalue weighted by Gasteiger charge is -2.12. The van der Waals surface area contributed by atoms with Crippen molar-refractivity contribution in [3.63, 3.8) is 0 Å². The number of carbonyl (C=O) groups excluding carboxylic acids is 1. The molecule has 0 saturated carbocycles. The van der Waals surface area contributed by atoms with Gasteiger partial charge in [0, 0.05) is 11.6 Å². The highest BCUT2D eigenvalue weighted by Gasteiger charge is 2.32. The van der Waals surface area contributed by atoms with E-state index in [1.807, 2.05) is 0 Å². The molecule has 1 saturated heterocycles. The number of Topliss-reactive ketones (excluding diaryl/α,β-unsaturated/α-hetero) is 1. The molecular weight excluding hydrogens is 225 g/mol. The minimum Gasteiger partial charge on any atom is -0.494 e. The average molecular weight is 239 g/mol. The number of methoxy groups -OCH3 is 1. The van der Waals surface area contributed by atoms with Crippen molar-refractivity contribution in [3.8, 4) is 5.75 Å². The molecule has 1 heterocycles. The Morgan fingerprint density at radius 2 is 2.29 bits per heavy atom. The lowest BCUT2D eigenvalue weighted by Crippen LogP contribution is -2.34. The van der Waals surface area contributed by atoms with Crippen molar-refractivity contribution in [1.82, 2.24) is 0 Å². The smallest absolute Gasteiger partial charge is 0.170 e. The summed E-state index contributed by atoms with van der Waals surface area (Å²) in [5.41, 5.74) is 6.05. The van der Waals surface area contributed by atoms with Gasteiger partial charge in [-0.3, -0.25) is 4.79 Å². The number of benzene rings is 1. The first-order valence-electron chi connectivity index (χ1n) is 5.34. The van der Waals surface area contributed by atoms with Crippen molar-refractivity contribution < 1.29 is 18.7 Å². The monoisotopic (exact) mass is 239 g/mol. The standard InChI is InChI=1S/C12H14FNO3/c1-16-11-3-2-7(4-9(11)13)12(15)8-5-17-6-10(8)14/h2-4,8,10H,5-6,14H2,1H3. The maximum absolute atomic E-state index is 13.5. The van der Waals surface area contributed by atoms with Gasteiger partial charge in [0.1, 0.15) is 0 Å². The molecule has 17 heavy (non-hydrogen) atoms. The third-order valence-corrected chi connectivity index (χ3v) is 2.90. The average Bonchev–Trinajstić information content (AvgIpc) is 2.74. The van der Waals surface area contributed by atoms with Crippen molar-refractivity contribution in [3.05, 3.63) is 29.6 Å². The van der Waals surface area contributed by atoms with E-state index in [-0.39, 0.29) is 23.5 Å². The summed E-state index contributed by atoms with van der Waals surface area (Å²) in [5, 5.41) is 0. The van der Waals surface area contributed by atoms with Gasteiger partial charge in [-0.2, -0.15) is 0 Å². The molecule has 2 atom stereocenters. The Bertz CT molecular complexity index is 436. The number of rotatable bonds is 3. The molecule has 5 heteroatoms. The third-order valence-electron chi connectivity index (χ3n) is 2.90. The van der Waals surface area contributed by atoms with E-state index >= 15 is 0 Å². The van der Waals surface area contributed by atoms with Crippen molar-refractivity contribution in [2.24, 2.45) is 11.7 Å². The summed E-state index contributed by atoms with van der Waals surface area (Å²) in [6.07, 6.45) is 0. The van der Waals surface area contributed by atoms with Crippen LogP contribution in [0.2, 0.25) is 0 Å². The van der Waals surface area contributed by atoms with E-state index in [1.54, 1.807) is 0 Å². The van der Waals surface area contributed by atoms with Gasteiger partial charge in [0.2, 0.25) is 0 Å². The highest BCUT2D eigenvalue weighted by atomic mass is 19.1. The van der Waals surface area contributed by atoms with Gasteiger partial charge in [-0.1, -0.05) is 0 Å². The fourth-order valence-corrected chi connectivity index (χ4v) is 1.87. The molecule has 2 rings (SSSR count). The van der Waals surface area contributed by atoms with Crippen LogP contribution >= 0.6 is 0 Å². The molecule has 2 N–H and O–H groups in total. The van der Waals surface area contributed by atoms with Crippen molar-refractivity contribution >= 4 is 5.78 Å². The Hall–Kier alpha value is -1.46. The first-order valence-corrected chi connectivity index (χ1v) is 5.34. The molecule has 92 valence electrons. The summed E-state index contributed by atoms with van der Waals surface area (Å²) in [6, 6.07) is 3.83. The molecule has 4 nitrogen and oxygen atoms in total. The maximum atomic E-state index is 13.5. The maximum Gasteiger partial charge on any atom is 0.170 e. The second kappa shape index (κ2) is 4.81. The molecule has 2 unspecified atom stereocenters. The normalized spacial score (nSPS) is 23.7. The van der Waals surface area contributed by atoms with Crippen LogP contribution in [0, 0.1) is 11.7 Å². The number of nitrogens with two attached hydrogens (primary N) is 1. The van der Waals surface area contributed by atoms with Crippen molar-refractivity contribution in [2.75, 3.05) is 20.3 Å². The van der Waals surface area contributed by atoms with Crippen LogP contribution in [0.4, 0.5) is 4.39 Å². The minimum atomic E-state index is -0.550. The fourth-order valence-electron chi connectivity index (χ4n) is 1.87. The minimum absolute atomic E-state index is 0.119. The van der Waals surface area contributed by atoms with E-state index in [1.165, 1.54) is 25.3 Å². The number of hydrogen-bond donors (Lipinski definition) is 1. The van der Waals surface area contributed by atoms with Gasteiger partial charge in [-0.25, -0.2) is 4.39 Å². The zero-order valence-electron chi connectivity index (χ0n) is 9.48. The molecule has 0 aliphatic carbocycles. The summed E-state index contributed by atoms with van der Waals surface area (Å²) < 4.78 is 23.4. The number of ether oxygens (including phenoxy) is 2. The predicted octanol–water partition coefficient (Wildman–Crippen LogP) is 0.991. The molecule has 0 aromatic heterocycles. The molecule has 0 spiro atoms. The zero-order valence-corrected chi connectivity index (χ0v) is 9.48. The van der Waals surface area contributed by atoms with Gasteiger partial charge in [-0.05, 0) is 18.2 Å². The molecule has 0 amide bonds. The van der Waals surface area contributed by atoms with Crippen molar-refractivity contribution in [2.45, 2.75) is 6.04 Å². The predicted molar refractivity (Wildman–Crippen MR) is 59.6 cm³/mol. The van der Waals surface area contributed by atoms with E-state index in [0.29, 0.717) is 18.8 Å². The molecule has 1 aliphatic rings. The largest absolute Gasteiger partial charge is 0.494 e. The van der Waals surface area contributed by atoms with Crippen LogP contribution in [0.25, 0.3) is 0 Å². The zero-order chi connectivity index (χ0) is 12.4. The molecule has 1 fully saturated rings. The Labute approximate surface area is 98.5 Å². The van der Waals surface area contributed by atoms with E-state index in [0.717, 1.165) is 0 Å². The lowest BCUT2D eigenvalue weighted by molar-refractivity contribution is 0.0895. The van der Waals surface area contributed by atoms with E-state index < -0.39 is 5.82 Å². The second-order valence-corrected chi connectivity index (χ2v) is 4.02. The van der Waals surface area contributed by atoms with Gasteiger partial charge in [0.15, 0.2) is 17.3 Å². The SMILES string of the molecule is COc1ccc(C(=O)C2COCC2N)cc1F. The number of hydrogen-bond acceptors (Lipinski definition) is 4. The fraction of sp³-hybridized carbons (Fsp3) is 0.417. The first kappa shape index (κ1) is 12.0. The van der Waals surface area contributed by atoms with Gasteiger partial charge in [0.05, 0.1) is 26.2 Å². The highest BCUT2D eigenvalue weighted by Crippen LogP contribution is 2.22. The highest BCUT2D eigenvalue weighted by molar-refractivity contribution is 5.98. The van der Waals surface area contributed by atoms with Crippen LogP contribution in [0.3, 0.4) is 0 Å². The molecule has 1 aromatic carbocycles. The second-order valence-electron chi connectivity index (χ2n) is 4.02. The molecule has 1 aromatic rings. The molecule has 0 bridgehead atoms. The van der Waals surface area contributed by atoms with E-state index in [2.05, 4.69) is 0 Å². The topological polar surface area (TPSA) is 61.5 Å². The van der Waals surface area contributed by atoms with Crippen LogP contribution in [0.5, 0.6) is 5.75 Å². The Morgan fingerprint density at radius 3 is 2.82 bits per heavy atom. The summed E-state index contributed by atoms with van der Waals surface area (Å²) in [7, 11) is 1.38. The quantitative estimate of drug-likeness (QED) is 0.799. The number of carbonyl (C=O) groups is 1. The van der Waals surface area contributed by atoms with Crippen LogP contribution in [-0.2, 0) is 4.74 Å². The van der Waals surface area contributed by atoms with Crippen LogP contribution in [-0.4, -0.2) is 32.1 Å². The van der Waals surface area contributed by atoms with Crippen LogP contribution in [0.15, 0.2) is 18.2 Å². The van der Waals surface area contributed by atoms with Gasteiger partial charge in [-0.15, -0.1) is 0 Å². The third kappa shape index (κ3) is 2.30. The van der Waals surface area contributed by atoms with Gasteiger partial charge < -0.3 is 15.2 Å². The number of ketones is 1. The summed E-state index contributed by atoms with van der Waals surface area (Å²) in [6.45, 7) is 0.669. The van der Waals surface area contributed by atoms with Crippen LogP contribution < -0.4 is 10.5 Å². The molecule has 0 radical (unpaired) electrons. The Kier molecular flexibility index (Phi) is 3.40. The van der Waals surface area contributed by atoms with E-state index in [4.69, 9.17) is 15.2 Å². The Morgan fingerprint density at radius 1 is 1.53 bits per heavy atom. The van der Waals surface area contributed by atoms with Gasteiger partial charge >= 0.3 is 0 Å². The molecular formula is C12H14FNO3. The number of halogens is 1. The summed E-state index contributed by atoms with van der Waals surface area (Å²) in [5.74, 6) is -1.00. The Balaban J connectivity index is 2.22.